The summed E-state index contributed by atoms with van der Waals surface area (Å²) < 4.78 is 40.9. The standard InChI is InChI=1S/C30H36FN3O4S/c1-22(2)19-32-30(36)28(18-24-12-6-5-7-13-24)33(20-25-14-10-11-23(3)17-25)29(35)21-34(39(4,37)38)27-16-9-8-15-26(27)31/h5-17,22,28H,18-21H2,1-4H3,(H,32,36)/t28-/m0/s1. The van der Waals surface area contributed by atoms with Gasteiger partial charge in [-0.05, 0) is 36.1 Å². The topological polar surface area (TPSA) is 86.8 Å². The highest BCUT2D eigenvalue weighted by Gasteiger charge is 2.33. The summed E-state index contributed by atoms with van der Waals surface area (Å²) >= 11 is 0. The van der Waals surface area contributed by atoms with Crippen molar-refractivity contribution in [3.05, 3.63) is 101 Å². The van der Waals surface area contributed by atoms with Gasteiger partial charge in [0.2, 0.25) is 21.8 Å². The molecule has 0 saturated carbocycles. The molecule has 1 N–H and O–H groups in total. The molecule has 0 bridgehead atoms. The van der Waals surface area contributed by atoms with Crippen molar-refractivity contribution in [2.75, 3.05) is 23.7 Å². The van der Waals surface area contributed by atoms with Gasteiger partial charge in [0.25, 0.3) is 0 Å². The van der Waals surface area contributed by atoms with Crippen molar-refractivity contribution in [2.45, 2.75) is 39.8 Å². The molecular weight excluding hydrogens is 517 g/mol. The summed E-state index contributed by atoms with van der Waals surface area (Å²) in [6, 6.07) is 21.3. The lowest BCUT2D eigenvalue weighted by Crippen LogP contribution is -2.53. The van der Waals surface area contributed by atoms with E-state index in [-0.39, 0.29) is 30.5 Å². The van der Waals surface area contributed by atoms with Gasteiger partial charge in [0.1, 0.15) is 18.4 Å². The first kappa shape index (κ1) is 29.8. The number of hydrogen-bond donors (Lipinski definition) is 1. The molecule has 39 heavy (non-hydrogen) atoms. The highest BCUT2D eigenvalue weighted by molar-refractivity contribution is 7.92. The Labute approximate surface area is 230 Å². The lowest BCUT2D eigenvalue weighted by atomic mass is 10.0. The first-order valence-corrected chi connectivity index (χ1v) is 14.7. The molecule has 0 saturated heterocycles. The molecule has 0 fully saturated rings. The number of sulfonamides is 1. The Morgan fingerprint density at radius 3 is 2.18 bits per heavy atom. The van der Waals surface area contributed by atoms with E-state index in [0.29, 0.717) is 6.54 Å². The number of halogens is 1. The molecule has 2 amide bonds. The molecule has 0 heterocycles. The summed E-state index contributed by atoms with van der Waals surface area (Å²) in [4.78, 5) is 28.9. The van der Waals surface area contributed by atoms with Crippen LogP contribution in [0, 0.1) is 18.7 Å². The van der Waals surface area contributed by atoms with Crippen LogP contribution in [0.4, 0.5) is 10.1 Å². The van der Waals surface area contributed by atoms with Crippen molar-refractivity contribution < 1.29 is 22.4 Å². The Kier molecular flexibility index (Phi) is 10.2. The van der Waals surface area contributed by atoms with Crippen LogP contribution in [0.15, 0.2) is 78.9 Å². The molecule has 1 atom stereocenters. The van der Waals surface area contributed by atoms with Crippen LogP contribution >= 0.6 is 0 Å². The third kappa shape index (κ3) is 8.64. The molecule has 3 rings (SSSR count). The first-order chi connectivity index (χ1) is 18.5. The molecule has 0 radical (unpaired) electrons. The molecule has 7 nitrogen and oxygen atoms in total. The van der Waals surface area contributed by atoms with Gasteiger partial charge in [0.15, 0.2) is 0 Å². The smallest absolute Gasteiger partial charge is 0.244 e. The predicted octanol–water partition coefficient (Wildman–Crippen LogP) is 4.31. The quantitative estimate of drug-likeness (QED) is 0.362. The van der Waals surface area contributed by atoms with Crippen molar-refractivity contribution >= 4 is 27.5 Å². The summed E-state index contributed by atoms with van der Waals surface area (Å²) in [5, 5.41) is 2.93. The summed E-state index contributed by atoms with van der Waals surface area (Å²) in [5.41, 5.74) is 2.38. The van der Waals surface area contributed by atoms with Gasteiger partial charge in [-0.15, -0.1) is 0 Å². The van der Waals surface area contributed by atoms with Crippen LogP contribution in [0.1, 0.15) is 30.5 Å². The summed E-state index contributed by atoms with van der Waals surface area (Å²) in [7, 11) is -4.03. The predicted molar refractivity (Wildman–Crippen MR) is 152 cm³/mol. The number of nitrogens with zero attached hydrogens (tertiary/aromatic N) is 2. The third-order valence-corrected chi connectivity index (χ3v) is 7.32. The molecule has 3 aromatic rings. The van der Waals surface area contributed by atoms with Crippen LogP contribution in [0.3, 0.4) is 0 Å². The maximum absolute atomic E-state index is 14.7. The lowest BCUT2D eigenvalue weighted by molar-refractivity contribution is -0.140. The number of rotatable bonds is 12. The second-order valence-electron chi connectivity index (χ2n) is 10.1. The summed E-state index contributed by atoms with van der Waals surface area (Å²) in [6.07, 6.45) is 1.15. The number of nitrogens with one attached hydrogen (secondary N) is 1. The van der Waals surface area contributed by atoms with E-state index in [1.54, 1.807) is 0 Å². The monoisotopic (exact) mass is 553 g/mol. The molecule has 3 aromatic carbocycles. The minimum atomic E-state index is -4.03. The zero-order chi connectivity index (χ0) is 28.6. The number of para-hydroxylation sites is 1. The Bertz CT molecular complexity index is 1380. The van der Waals surface area contributed by atoms with E-state index in [4.69, 9.17) is 0 Å². The molecule has 0 aliphatic heterocycles. The zero-order valence-electron chi connectivity index (χ0n) is 22.8. The Balaban J connectivity index is 2.05. The normalized spacial score (nSPS) is 12.2. The van der Waals surface area contributed by atoms with Crippen LogP contribution in [0.25, 0.3) is 0 Å². The molecule has 9 heteroatoms. The fourth-order valence-electron chi connectivity index (χ4n) is 4.23. The van der Waals surface area contributed by atoms with Gasteiger partial charge in [0.05, 0.1) is 11.9 Å². The van der Waals surface area contributed by atoms with Crippen molar-refractivity contribution in [2.24, 2.45) is 5.92 Å². The molecule has 208 valence electrons. The van der Waals surface area contributed by atoms with E-state index in [1.165, 1.54) is 23.1 Å². The molecule has 0 spiro atoms. The number of aryl methyl sites for hydroxylation is 1. The maximum atomic E-state index is 14.7. The zero-order valence-corrected chi connectivity index (χ0v) is 23.6. The second-order valence-corrected chi connectivity index (χ2v) is 12.0. The number of carbonyl (C=O) groups is 2. The van der Waals surface area contributed by atoms with Crippen LogP contribution in [0.5, 0.6) is 0 Å². The number of anilines is 1. The van der Waals surface area contributed by atoms with E-state index in [0.717, 1.165) is 33.3 Å². The van der Waals surface area contributed by atoms with Crippen LogP contribution in [0.2, 0.25) is 0 Å². The molecule has 0 aromatic heterocycles. The van der Waals surface area contributed by atoms with Gasteiger partial charge in [0, 0.05) is 19.5 Å². The Hall–Kier alpha value is -3.72. The van der Waals surface area contributed by atoms with Crippen molar-refractivity contribution in [3.63, 3.8) is 0 Å². The van der Waals surface area contributed by atoms with Gasteiger partial charge in [-0.3, -0.25) is 13.9 Å². The average molecular weight is 554 g/mol. The minimum Gasteiger partial charge on any atom is -0.354 e. The molecule has 0 aliphatic carbocycles. The van der Waals surface area contributed by atoms with E-state index in [1.807, 2.05) is 75.4 Å². The van der Waals surface area contributed by atoms with Gasteiger partial charge in [-0.1, -0.05) is 86.1 Å². The van der Waals surface area contributed by atoms with Crippen LogP contribution < -0.4 is 9.62 Å². The Morgan fingerprint density at radius 2 is 1.56 bits per heavy atom. The summed E-state index contributed by atoms with van der Waals surface area (Å²) in [6.45, 7) is 5.70. The number of benzene rings is 3. The van der Waals surface area contributed by atoms with Crippen molar-refractivity contribution in [1.29, 1.82) is 0 Å². The molecule has 0 aliphatic rings. The van der Waals surface area contributed by atoms with E-state index in [9.17, 15) is 22.4 Å². The summed E-state index contributed by atoms with van der Waals surface area (Å²) in [5.74, 6) is -1.54. The highest BCUT2D eigenvalue weighted by Crippen LogP contribution is 2.23. The Morgan fingerprint density at radius 1 is 0.923 bits per heavy atom. The number of carbonyl (C=O) groups excluding carboxylic acids is 2. The van der Waals surface area contributed by atoms with Gasteiger partial charge in [-0.2, -0.15) is 0 Å². The van der Waals surface area contributed by atoms with Gasteiger partial charge >= 0.3 is 0 Å². The SMILES string of the molecule is Cc1cccc(CN(C(=O)CN(c2ccccc2F)S(C)(=O)=O)[C@@H](Cc2ccccc2)C(=O)NCC(C)C)c1. The van der Waals surface area contributed by atoms with E-state index >= 15 is 0 Å². The number of amides is 2. The van der Waals surface area contributed by atoms with Crippen LogP contribution in [-0.4, -0.2) is 50.5 Å². The lowest BCUT2D eigenvalue weighted by Gasteiger charge is -2.33. The van der Waals surface area contributed by atoms with Crippen LogP contribution in [-0.2, 0) is 32.6 Å². The van der Waals surface area contributed by atoms with Gasteiger partial charge in [-0.25, -0.2) is 12.8 Å². The van der Waals surface area contributed by atoms with Gasteiger partial charge < -0.3 is 10.2 Å². The highest BCUT2D eigenvalue weighted by atomic mass is 32.2. The second kappa shape index (κ2) is 13.4. The average Bonchev–Trinajstić information content (AvgIpc) is 2.88. The van der Waals surface area contributed by atoms with Crippen molar-refractivity contribution in [3.8, 4) is 0 Å². The number of hydrogen-bond acceptors (Lipinski definition) is 4. The fourth-order valence-corrected chi connectivity index (χ4v) is 5.08. The maximum Gasteiger partial charge on any atom is 0.244 e. The largest absolute Gasteiger partial charge is 0.354 e. The molecule has 0 unspecified atom stereocenters. The third-order valence-electron chi connectivity index (χ3n) is 6.19. The first-order valence-electron chi connectivity index (χ1n) is 12.8. The van der Waals surface area contributed by atoms with E-state index < -0.39 is 34.3 Å². The minimum absolute atomic E-state index is 0.0714. The van der Waals surface area contributed by atoms with Crippen molar-refractivity contribution in [1.82, 2.24) is 10.2 Å². The fraction of sp³-hybridized carbons (Fsp3) is 0.333. The molecular formula is C30H36FN3O4S. The van der Waals surface area contributed by atoms with E-state index in [2.05, 4.69) is 5.32 Å².